The lowest BCUT2D eigenvalue weighted by Crippen LogP contribution is -2.36. The second-order valence-electron chi connectivity index (χ2n) is 9.35. The first kappa shape index (κ1) is 24.5. The number of carboxylic acids is 1. The zero-order valence-electron chi connectivity index (χ0n) is 19.0. The molecule has 9 heteroatoms. The minimum Gasteiger partial charge on any atom is -0.481 e. The first-order chi connectivity index (χ1) is 15.3. The number of hydrogen-bond acceptors (Lipinski definition) is 3. The second kappa shape index (κ2) is 9.03. The smallest absolute Gasteiger partial charge is 0.416 e. The average Bonchev–Trinajstić information content (AvgIpc) is 3.22. The maximum Gasteiger partial charge on any atom is 0.416 e. The maximum absolute atomic E-state index is 12.9. The molecule has 6 nitrogen and oxygen atoms in total. The van der Waals surface area contributed by atoms with E-state index in [0.717, 1.165) is 29.1 Å². The van der Waals surface area contributed by atoms with Crippen molar-refractivity contribution in [1.29, 1.82) is 0 Å². The number of halogens is 3. The summed E-state index contributed by atoms with van der Waals surface area (Å²) in [6.45, 7) is 7.23. The van der Waals surface area contributed by atoms with Crippen LogP contribution in [-0.2, 0) is 15.8 Å². The lowest BCUT2D eigenvalue weighted by atomic mass is 9.85. The van der Waals surface area contributed by atoms with Crippen molar-refractivity contribution in [2.24, 2.45) is 5.41 Å². The Bertz CT molecular complexity index is 1070. The third kappa shape index (κ3) is 5.83. The number of carbonyl (C=O) groups excluding carboxylic acids is 1. The van der Waals surface area contributed by atoms with Crippen LogP contribution >= 0.6 is 0 Å². The summed E-state index contributed by atoms with van der Waals surface area (Å²) in [6, 6.07) is 4.70. The Balaban J connectivity index is 1.69. The van der Waals surface area contributed by atoms with Crippen LogP contribution < -0.4 is 5.32 Å². The minimum absolute atomic E-state index is 0.00512. The summed E-state index contributed by atoms with van der Waals surface area (Å²) in [6.07, 6.45) is 0.174. The molecule has 0 saturated heterocycles. The number of benzene rings is 1. The van der Waals surface area contributed by atoms with E-state index in [1.165, 1.54) is 12.1 Å². The summed E-state index contributed by atoms with van der Waals surface area (Å²) in [5, 5.41) is 16.5. The number of aromatic nitrogens is 2. The molecule has 0 fully saturated rings. The van der Waals surface area contributed by atoms with E-state index in [1.807, 2.05) is 26.0 Å². The molecule has 0 radical (unpaired) electrons. The molecule has 1 aromatic heterocycles. The molecule has 1 heterocycles. The molecule has 2 unspecified atom stereocenters. The van der Waals surface area contributed by atoms with Gasteiger partial charge in [-0.15, -0.1) is 0 Å². The van der Waals surface area contributed by atoms with Crippen molar-refractivity contribution in [1.82, 2.24) is 15.1 Å². The van der Waals surface area contributed by atoms with Gasteiger partial charge in [-0.25, -0.2) is 4.68 Å². The van der Waals surface area contributed by atoms with E-state index in [4.69, 9.17) is 5.11 Å². The summed E-state index contributed by atoms with van der Waals surface area (Å²) in [5.41, 5.74) is 1.77. The number of allylic oxidation sites excluding steroid dienone is 1. The standard InChI is InChI=1S/C24H28F3N3O3/c1-14-22(15(2)30(29-14)19-9-6-17(7-10-19)24(25,26)27)16-5-8-18(11-16)28-20(31)12-23(3,4)13-21(32)33/h5-10,16,18H,11-13H2,1-4H3,(H,28,31)(H,32,33). The molecule has 2 aromatic rings. The molecule has 0 spiro atoms. The number of aryl methyl sites for hydroxylation is 1. The molecule has 0 aliphatic heterocycles. The van der Waals surface area contributed by atoms with Crippen molar-refractivity contribution >= 4 is 11.9 Å². The predicted molar refractivity (Wildman–Crippen MR) is 117 cm³/mol. The summed E-state index contributed by atoms with van der Waals surface area (Å²) >= 11 is 0. The number of hydrogen-bond donors (Lipinski definition) is 2. The number of carboxylic acid groups (broad SMARTS) is 1. The fraction of sp³-hybridized carbons (Fsp3) is 0.458. The Morgan fingerprint density at radius 2 is 1.76 bits per heavy atom. The van der Waals surface area contributed by atoms with Crippen LogP contribution in [0.15, 0.2) is 36.4 Å². The van der Waals surface area contributed by atoms with E-state index < -0.39 is 23.1 Å². The van der Waals surface area contributed by atoms with Gasteiger partial charge in [0.15, 0.2) is 0 Å². The van der Waals surface area contributed by atoms with Gasteiger partial charge in [0, 0.05) is 29.6 Å². The van der Waals surface area contributed by atoms with Gasteiger partial charge >= 0.3 is 12.1 Å². The zero-order valence-corrected chi connectivity index (χ0v) is 19.0. The van der Waals surface area contributed by atoms with Crippen molar-refractivity contribution in [2.45, 2.75) is 65.1 Å². The van der Waals surface area contributed by atoms with E-state index in [9.17, 15) is 22.8 Å². The SMILES string of the molecule is Cc1nn(-c2ccc(C(F)(F)F)cc2)c(C)c1C1C=CC(NC(=O)CC(C)(C)CC(=O)O)C1. The molecule has 2 N–H and O–H groups in total. The lowest BCUT2D eigenvalue weighted by molar-refractivity contribution is -0.140. The van der Waals surface area contributed by atoms with E-state index in [2.05, 4.69) is 10.4 Å². The molecule has 2 atom stereocenters. The Labute approximate surface area is 190 Å². The molecule has 1 aliphatic rings. The number of nitrogens with one attached hydrogen (secondary N) is 1. The fourth-order valence-electron chi connectivity index (χ4n) is 4.42. The molecular weight excluding hydrogens is 435 g/mol. The van der Waals surface area contributed by atoms with E-state index in [0.29, 0.717) is 12.1 Å². The van der Waals surface area contributed by atoms with Crippen molar-refractivity contribution in [3.05, 3.63) is 58.9 Å². The van der Waals surface area contributed by atoms with E-state index >= 15 is 0 Å². The molecule has 0 saturated carbocycles. The highest BCUT2D eigenvalue weighted by Crippen LogP contribution is 2.35. The van der Waals surface area contributed by atoms with Crippen molar-refractivity contribution in [3.63, 3.8) is 0 Å². The van der Waals surface area contributed by atoms with Gasteiger partial charge in [-0.05, 0) is 49.9 Å². The molecule has 178 valence electrons. The summed E-state index contributed by atoms with van der Waals surface area (Å²) in [4.78, 5) is 23.4. The molecule has 0 bridgehead atoms. The van der Waals surface area contributed by atoms with Crippen LogP contribution in [0, 0.1) is 19.3 Å². The van der Waals surface area contributed by atoms with Gasteiger partial charge in [0.25, 0.3) is 0 Å². The summed E-state index contributed by atoms with van der Waals surface area (Å²) in [7, 11) is 0. The first-order valence-corrected chi connectivity index (χ1v) is 10.7. The Kier molecular flexibility index (Phi) is 6.72. The van der Waals surface area contributed by atoms with Gasteiger partial charge in [0.2, 0.25) is 5.91 Å². The highest BCUT2D eigenvalue weighted by Gasteiger charge is 2.31. The number of carbonyl (C=O) groups is 2. The van der Waals surface area contributed by atoms with Gasteiger partial charge in [0.1, 0.15) is 0 Å². The quantitative estimate of drug-likeness (QED) is 0.571. The van der Waals surface area contributed by atoms with E-state index in [-0.39, 0.29) is 30.7 Å². The number of amides is 1. The Morgan fingerprint density at radius 1 is 1.12 bits per heavy atom. The van der Waals surface area contributed by atoms with Crippen LogP contribution in [0.1, 0.15) is 61.5 Å². The van der Waals surface area contributed by atoms with Gasteiger partial charge in [-0.3, -0.25) is 9.59 Å². The third-order valence-electron chi connectivity index (χ3n) is 5.86. The van der Waals surface area contributed by atoms with E-state index in [1.54, 1.807) is 18.5 Å². The molecule has 1 amide bonds. The highest BCUT2D eigenvalue weighted by atomic mass is 19.4. The van der Waals surface area contributed by atoms with Crippen LogP contribution in [0.5, 0.6) is 0 Å². The highest BCUT2D eigenvalue weighted by molar-refractivity contribution is 5.78. The topological polar surface area (TPSA) is 84.2 Å². The number of alkyl halides is 3. The summed E-state index contributed by atoms with van der Waals surface area (Å²) in [5.74, 6) is -1.14. The molecule has 33 heavy (non-hydrogen) atoms. The lowest BCUT2D eigenvalue weighted by Gasteiger charge is -2.23. The molecule has 3 rings (SSSR count). The molecule has 1 aliphatic carbocycles. The van der Waals surface area contributed by atoms with Crippen LogP contribution in [-0.4, -0.2) is 32.8 Å². The monoisotopic (exact) mass is 463 g/mol. The predicted octanol–water partition coefficient (Wildman–Crippen LogP) is 4.93. The molecular formula is C24H28F3N3O3. The largest absolute Gasteiger partial charge is 0.481 e. The minimum atomic E-state index is -4.39. The van der Waals surface area contributed by atoms with Crippen LogP contribution in [0.3, 0.4) is 0 Å². The fourth-order valence-corrected chi connectivity index (χ4v) is 4.42. The maximum atomic E-state index is 12.9. The third-order valence-corrected chi connectivity index (χ3v) is 5.86. The number of aliphatic carboxylic acids is 1. The van der Waals surface area contributed by atoms with Gasteiger partial charge in [-0.1, -0.05) is 26.0 Å². The zero-order chi connectivity index (χ0) is 24.6. The van der Waals surface area contributed by atoms with Gasteiger partial charge < -0.3 is 10.4 Å². The van der Waals surface area contributed by atoms with Crippen LogP contribution in [0.2, 0.25) is 0 Å². The van der Waals surface area contributed by atoms with Gasteiger partial charge in [0.05, 0.1) is 23.4 Å². The average molecular weight is 464 g/mol. The normalized spacial score (nSPS) is 18.5. The first-order valence-electron chi connectivity index (χ1n) is 10.7. The van der Waals surface area contributed by atoms with Crippen molar-refractivity contribution in [3.8, 4) is 5.69 Å². The van der Waals surface area contributed by atoms with Gasteiger partial charge in [-0.2, -0.15) is 18.3 Å². The Hall–Kier alpha value is -3.10. The second-order valence-corrected chi connectivity index (χ2v) is 9.35. The van der Waals surface area contributed by atoms with Crippen molar-refractivity contribution in [2.75, 3.05) is 0 Å². The van der Waals surface area contributed by atoms with Crippen molar-refractivity contribution < 1.29 is 27.9 Å². The summed E-state index contributed by atoms with van der Waals surface area (Å²) < 4.78 is 40.2. The number of rotatable bonds is 7. The van der Waals surface area contributed by atoms with Crippen LogP contribution in [0.4, 0.5) is 13.2 Å². The Morgan fingerprint density at radius 3 is 2.33 bits per heavy atom. The molecule has 1 aromatic carbocycles. The van der Waals surface area contributed by atoms with Crippen LogP contribution in [0.25, 0.3) is 5.69 Å². The number of nitrogens with zero attached hydrogens (tertiary/aromatic N) is 2.